The number of ether oxygens (including phenoxy) is 1. The number of aromatic hydroxyl groups is 1. The number of phenols is 1. The van der Waals surface area contributed by atoms with E-state index in [2.05, 4.69) is 4.98 Å². The van der Waals surface area contributed by atoms with Crippen LogP contribution in [0.5, 0.6) is 5.75 Å². The maximum atomic E-state index is 13.0. The van der Waals surface area contributed by atoms with Crippen molar-refractivity contribution in [2.45, 2.75) is 32.1 Å². The van der Waals surface area contributed by atoms with Crippen LogP contribution in [0.4, 0.5) is 0 Å². The highest BCUT2D eigenvalue weighted by atomic mass is 32.1. The fourth-order valence-electron chi connectivity index (χ4n) is 3.97. The van der Waals surface area contributed by atoms with Crippen molar-refractivity contribution in [1.29, 1.82) is 0 Å². The van der Waals surface area contributed by atoms with Crippen LogP contribution in [0.15, 0.2) is 35.1 Å². The van der Waals surface area contributed by atoms with Gasteiger partial charge in [-0.2, -0.15) is 13.5 Å². The normalized spacial score (nSPS) is 19.4. The zero-order valence-electron chi connectivity index (χ0n) is 15.0. The van der Waals surface area contributed by atoms with E-state index < -0.39 is 11.6 Å². The number of rotatable bonds is 1. The van der Waals surface area contributed by atoms with Crippen LogP contribution in [0, 0.1) is 0 Å². The van der Waals surface area contributed by atoms with Crippen molar-refractivity contribution in [3.05, 3.63) is 57.4 Å². The van der Waals surface area contributed by atoms with Crippen molar-refractivity contribution < 1.29 is 19.7 Å². The van der Waals surface area contributed by atoms with E-state index >= 15 is 0 Å². The summed E-state index contributed by atoms with van der Waals surface area (Å²) in [6.07, 6.45) is 0.110. The Bertz CT molecular complexity index is 1220. The molecule has 2 aromatic heterocycles. The maximum absolute atomic E-state index is 13.0. The predicted octanol–water partition coefficient (Wildman–Crippen LogP) is 1.90. The molecule has 2 aliphatic rings. The first-order valence-electron chi connectivity index (χ1n) is 8.72. The summed E-state index contributed by atoms with van der Waals surface area (Å²) in [6, 6.07) is 8.48. The largest absolute Gasteiger partial charge is 0.508 e. The van der Waals surface area contributed by atoms with Gasteiger partial charge in [0.2, 0.25) is 0 Å². The first-order chi connectivity index (χ1) is 12.9. The van der Waals surface area contributed by atoms with E-state index in [1.54, 1.807) is 35.8 Å². The highest BCUT2D eigenvalue weighted by molar-refractivity contribution is 7.59. The summed E-state index contributed by atoms with van der Waals surface area (Å²) in [7, 11) is 0. The van der Waals surface area contributed by atoms with E-state index in [0.717, 1.165) is 10.9 Å². The zero-order chi connectivity index (χ0) is 18.9. The van der Waals surface area contributed by atoms with E-state index in [-0.39, 0.29) is 37.8 Å². The molecule has 0 radical (unpaired) electrons. The minimum absolute atomic E-state index is 0. The highest BCUT2D eigenvalue weighted by Gasteiger charge is 2.45. The van der Waals surface area contributed by atoms with Gasteiger partial charge in [-0.3, -0.25) is 4.79 Å². The number of cyclic esters (lactones) is 1. The number of pyridine rings is 2. The van der Waals surface area contributed by atoms with Gasteiger partial charge >= 0.3 is 5.97 Å². The number of hydrogen-bond donors (Lipinski definition) is 2. The lowest BCUT2D eigenvalue weighted by molar-refractivity contribution is -0.172. The Labute approximate surface area is 166 Å². The lowest BCUT2D eigenvalue weighted by Gasteiger charge is -2.31. The third-order valence-corrected chi connectivity index (χ3v) is 5.49. The molecule has 1 atom stereocenters. The fourth-order valence-corrected chi connectivity index (χ4v) is 3.97. The van der Waals surface area contributed by atoms with Gasteiger partial charge in [-0.15, -0.1) is 0 Å². The lowest BCUT2D eigenvalue weighted by atomic mass is 9.86. The predicted molar refractivity (Wildman–Crippen MR) is 107 cm³/mol. The third kappa shape index (κ3) is 2.31. The lowest BCUT2D eigenvalue weighted by Crippen LogP contribution is -2.44. The van der Waals surface area contributed by atoms with Crippen LogP contribution in [0.25, 0.3) is 22.3 Å². The molecular weight excluding hydrogens is 380 g/mol. The zero-order valence-corrected chi connectivity index (χ0v) is 16.0. The first kappa shape index (κ1) is 18.5. The van der Waals surface area contributed by atoms with Gasteiger partial charge in [-0.1, -0.05) is 6.92 Å². The molecule has 0 bridgehead atoms. The van der Waals surface area contributed by atoms with Crippen molar-refractivity contribution in [3.63, 3.8) is 0 Å². The number of nitrogens with zero attached hydrogens (tertiary/aromatic N) is 2. The van der Waals surface area contributed by atoms with Crippen LogP contribution in [0.3, 0.4) is 0 Å². The Kier molecular flexibility index (Phi) is 4.02. The minimum atomic E-state index is -1.83. The quantitative estimate of drug-likeness (QED) is 0.475. The summed E-state index contributed by atoms with van der Waals surface area (Å²) >= 11 is 0. The molecule has 3 aromatic rings. The number of carbonyl (C=O) groups is 1. The van der Waals surface area contributed by atoms with Gasteiger partial charge in [0.25, 0.3) is 5.56 Å². The van der Waals surface area contributed by atoms with Crippen molar-refractivity contribution in [2.24, 2.45) is 0 Å². The molecule has 4 heterocycles. The molecule has 0 saturated heterocycles. The van der Waals surface area contributed by atoms with Crippen LogP contribution in [-0.4, -0.2) is 25.7 Å². The fraction of sp³-hybridized carbons (Fsp3) is 0.250. The second-order valence-corrected chi connectivity index (χ2v) is 6.98. The van der Waals surface area contributed by atoms with Crippen LogP contribution in [0.1, 0.15) is 30.0 Å². The molecule has 2 aliphatic heterocycles. The number of hydrogen-bond acceptors (Lipinski definition) is 6. The van der Waals surface area contributed by atoms with Gasteiger partial charge in [0, 0.05) is 16.5 Å². The molecule has 0 spiro atoms. The number of esters is 1. The van der Waals surface area contributed by atoms with Crippen molar-refractivity contribution in [2.75, 3.05) is 0 Å². The molecule has 0 amide bonds. The standard InChI is InChI=1S/C20H16N2O5.H2S/c1-2-20(26)14-7-16-17-11(5-10-6-12(23)3-4-15(10)21-17)8-22(16)18(24)13(14)9-27-19(20)25;/h3-7,23,26H,2,8-9H2,1H3;1H2/t20-;/m0./s1. The first-order valence-corrected chi connectivity index (χ1v) is 8.72. The van der Waals surface area contributed by atoms with E-state index in [1.165, 1.54) is 0 Å². The monoisotopic (exact) mass is 398 g/mol. The van der Waals surface area contributed by atoms with Gasteiger partial charge in [-0.05, 0) is 36.8 Å². The summed E-state index contributed by atoms with van der Waals surface area (Å²) in [5.74, 6) is -0.585. The molecule has 144 valence electrons. The topological polar surface area (TPSA) is 102 Å². The molecule has 2 N–H and O–H groups in total. The average Bonchev–Trinajstić information content (AvgIpc) is 3.01. The minimum Gasteiger partial charge on any atom is -0.508 e. The van der Waals surface area contributed by atoms with Crippen LogP contribution in [0.2, 0.25) is 0 Å². The van der Waals surface area contributed by atoms with Gasteiger partial charge in [-0.25, -0.2) is 9.78 Å². The number of carbonyl (C=O) groups excluding carboxylic acids is 1. The Morgan fingerprint density at radius 1 is 1.25 bits per heavy atom. The van der Waals surface area contributed by atoms with Crippen molar-refractivity contribution in [3.8, 4) is 17.1 Å². The molecular formula is C20H18N2O5S. The summed E-state index contributed by atoms with van der Waals surface area (Å²) in [6.45, 7) is 1.87. The average molecular weight is 398 g/mol. The molecule has 0 fully saturated rings. The molecule has 0 aliphatic carbocycles. The number of phenolic OH excluding ortho intramolecular Hbond substituents is 1. The number of benzene rings is 1. The molecule has 28 heavy (non-hydrogen) atoms. The Morgan fingerprint density at radius 3 is 2.79 bits per heavy atom. The van der Waals surface area contributed by atoms with Crippen molar-refractivity contribution in [1.82, 2.24) is 9.55 Å². The van der Waals surface area contributed by atoms with Gasteiger partial charge < -0.3 is 19.5 Å². The second-order valence-electron chi connectivity index (χ2n) is 6.98. The summed E-state index contributed by atoms with van der Waals surface area (Å²) < 4.78 is 6.65. The highest BCUT2D eigenvalue weighted by Crippen LogP contribution is 2.38. The van der Waals surface area contributed by atoms with Crippen LogP contribution < -0.4 is 5.56 Å². The maximum Gasteiger partial charge on any atom is 0.343 e. The Hall–Kier alpha value is -2.84. The summed E-state index contributed by atoms with van der Waals surface area (Å²) in [5.41, 5.74) is 1.25. The van der Waals surface area contributed by atoms with Crippen molar-refractivity contribution >= 4 is 30.4 Å². The number of aliphatic hydroxyl groups is 1. The van der Waals surface area contributed by atoms with E-state index in [9.17, 15) is 19.8 Å². The molecule has 0 unspecified atom stereocenters. The molecule has 7 nitrogen and oxygen atoms in total. The van der Waals surface area contributed by atoms with Crippen LogP contribution >= 0.6 is 13.5 Å². The summed E-state index contributed by atoms with van der Waals surface area (Å²) in [4.78, 5) is 29.8. The summed E-state index contributed by atoms with van der Waals surface area (Å²) in [5, 5.41) is 21.3. The van der Waals surface area contributed by atoms with E-state index in [1.807, 2.05) is 6.07 Å². The molecule has 0 saturated carbocycles. The molecule has 5 rings (SSSR count). The SMILES string of the molecule is CC[C@@]1(O)C(=O)OCc2c1cc1n(c2=O)Cc2cc3cc(O)ccc3nc2-1.S. The molecule has 1 aromatic carbocycles. The van der Waals surface area contributed by atoms with Gasteiger partial charge in [0.05, 0.1) is 29.0 Å². The Morgan fingerprint density at radius 2 is 2.04 bits per heavy atom. The van der Waals surface area contributed by atoms with E-state index in [0.29, 0.717) is 34.6 Å². The number of aromatic nitrogens is 2. The Balaban J connectivity index is 0.00000192. The molecule has 8 heteroatoms. The van der Waals surface area contributed by atoms with E-state index in [4.69, 9.17) is 4.74 Å². The third-order valence-electron chi connectivity index (χ3n) is 5.49. The smallest absolute Gasteiger partial charge is 0.343 e. The van der Waals surface area contributed by atoms with Gasteiger partial charge in [0.15, 0.2) is 5.60 Å². The number of fused-ring (bicyclic) bond motifs is 5. The van der Waals surface area contributed by atoms with Crippen LogP contribution in [-0.2, 0) is 28.3 Å². The van der Waals surface area contributed by atoms with Gasteiger partial charge in [0.1, 0.15) is 12.4 Å². The second kappa shape index (κ2) is 6.08.